The fourth-order valence-corrected chi connectivity index (χ4v) is 2.52. The van der Waals surface area contributed by atoms with Crippen LogP contribution in [0.4, 0.5) is 11.4 Å². The summed E-state index contributed by atoms with van der Waals surface area (Å²) < 4.78 is 0. The number of anilines is 2. The number of benzene rings is 3. The molecule has 2 heteroatoms. The average Bonchev–Trinajstić information content (AvgIpc) is 2.40. The molecule has 5 rings (SSSR count). The van der Waals surface area contributed by atoms with Gasteiger partial charge < -0.3 is 0 Å². The first-order valence-electron chi connectivity index (χ1n) is 5.40. The second kappa shape index (κ2) is 2.67. The van der Waals surface area contributed by atoms with Crippen LogP contribution in [0, 0.1) is 0 Å². The van der Waals surface area contributed by atoms with Crippen LogP contribution in [0.1, 0.15) is 0 Å². The molecule has 0 aromatic heterocycles. The number of nitrogens with one attached hydrogen (secondary N) is 2. The first-order valence-corrected chi connectivity index (χ1v) is 5.40. The topological polar surface area (TPSA) is 24.1 Å². The van der Waals surface area contributed by atoms with Crippen molar-refractivity contribution in [2.45, 2.75) is 0 Å². The van der Waals surface area contributed by atoms with Crippen LogP contribution in [0.3, 0.4) is 0 Å². The summed E-state index contributed by atoms with van der Waals surface area (Å²) in [6.07, 6.45) is 0. The second-order valence-electron chi connectivity index (χ2n) is 4.09. The van der Waals surface area contributed by atoms with E-state index < -0.39 is 0 Å². The van der Waals surface area contributed by atoms with E-state index in [0.29, 0.717) is 0 Å². The summed E-state index contributed by atoms with van der Waals surface area (Å²) in [5, 5.41) is 5.15. The predicted molar refractivity (Wildman–Crippen MR) is 68.7 cm³/mol. The van der Waals surface area contributed by atoms with Crippen molar-refractivity contribution in [2.24, 2.45) is 0 Å². The second-order valence-corrected chi connectivity index (χ2v) is 4.09. The summed E-state index contributed by atoms with van der Waals surface area (Å²) in [6, 6.07) is 17.0. The van der Waals surface area contributed by atoms with Crippen molar-refractivity contribution in [3.63, 3.8) is 0 Å². The molecular weight excluding hydrogens is 196 g/mol. The van der Waals surface area contributed by atoms with Crippen LogP contribution in [0.5, 0.6) is 0 Å². The van der Waals surface area contributed by atoms with Gasteiger partial charge >= 0.3 is 0 Å². The quantitative estimate of drug-likeness (QED) is 0.547. The Balaban J connectivity index is 2.39. The molecule has 2 heterocycles. The van der Waals surface area contributed by atoms with E-state index in [4.69, 9.17) is 0 Å². The molecule has 2 aliphatic rings. The van der Waals surface area contributed by atoms with Gasteiger partial charge in [-0.05, 0) is 0 Å². The number of hydrogen-bond acceptors (Lipinski definition) is 2. The van der Waals surface area contributed by atoms with Gasteiger partial charge in [-0.3, -0.25) is 10.9 Å². The Morgan fingerprint density at radius 1 is 0.500 bits per heavy atom. The molecule has 2 aliphatic heterocycles. The van der Waals surface area contributed by atoms with Crippen LogP contribution in [-0.4, -0.2) is 0 Å². The lowest BCUT2D eigenvalue weighted by atomic mass is 9.97. The third kappa shape index (κ3) is 0.823. The molecule has 0 amide bonds. The van der Waals surface area contributed by atoms with Gasteiger partial charge in [0.15, 0.2) is 0 Å². The molecule has 2 nitrogen and oxygen atoms in total. The molecule has 0 spiro atoms. The Morgan fingerprint density at radius 2 is 0.812 bits per heavy atom. The van der Waals surface area contributed by atoms with E-state index in [1.165, 1.54) is 32.9 Å². The zero-order valence-corrected chi connectivity index (χ0v) is 8.62. The lowest BCUT2D eigenvalue weighted by molar-refractivity contribution is 1.44. The molecule has 2 N–H and O–H groups in total. The summed E-state index contributed by atoms with van der Waals surface area (Å²) >= 11 is 0. The van der Waals surface area contributed by atoms with Gasteiger partial charge in [-0.15, -0.1) is 0 Å². The van der Waals surface area contributed by atoms with Crippen LogP contribution >= 0.6 is 0 Å². The lowest BCUT2D eigenvalue weighted by Crippen LogP contribution is -2.15. The van der Waals surface area contributed by atoms with E-state index in [-0.39, 0.29) is 0 Å². The highest BCUT2D eigenvalue weighted by molar-refractivity contribution is 6.22. The Labute approximate surface area is 92.9 Å². The van der Waals surface area contributed by atoms with E-state index in [1.54, 1.807) is 0 Å². The van der Waals surface area contributed by atoms with Crippen molar-refractivity contribution >= 4 is 32.9 Å². The molecule has 0 aliphatic carbocycles. The molecule has 3 aromatic carbocycles. The van der Waals surface area contributed by atoms with Gasteiger partial charge in [-0.2, -0.15) is 0 Å². The van der Waals surface area contributed by atoms with E-state index in [9.17, 15) is 0 Å². The largest absolute Gasteiger partial charge is 0.300 e. The molecule has 76 valence electrons. The van der Waals surface area contributed by atoms with E-state index in [2.05, 4.69) is 59.4 Å². The lowest BCUT2D eigenvalue weighted by Gasteiger charge is -2.25. The number of rotatable bonds is 0. The molecule has 0 unspecified atom stereocenters. The highest BCUT2D eigenvalue weighted by Crippen LogP contribution is 2.42. The Bertz CT molecular complexity index is 597. The molecule has 3 aromatic rings. The molecule has 0 radical (unpaired) electrons. The minimum absolute atomic E-state index is 1.18. The average molecular weight is 206 g/mol. The van der Waals surface area contributed by atoms with Gasteiger partial charge in [0, 0.05) is 21.5 Å². The maximum Gasteiger partial charge on any atom is 0.0698 e. The molecule has 0 saturated heterocycles. The standard InChI is InChI=1S/C14H10N2/c1-2-6-10-9(5-1)13-11-7-3-4-8-12(11)14(10)16-15-13/h1-8,15-16H. The van der Waals surface area contributed by atoms with Crippen molar-refractivity contribution in [1.82, 2.24) is 0 Å². The smallest absolute Gasteiger partial charge is 0.0698 e. The fraction of sp³-hybridized carbons (Fsp3) is 0. The van der Waals surface area contributed by atoms with Gasteiger partial charge in [-0.1, -0.05) is 48.5 Å². The van der Waals surface area contributed by atoms with E-state index in [1.807, 2.05) is 0 Å². The van der Waals surface area contributed by atoms with Gasteiger partial charge in [0.1, 0.15) is 0 Å². The monoisotopic (exact) mass is 206 g/mol. The van der Waals surface area contributed by atoms with Crippen molar-refractivity contribution in [1.29, 1.82) is 0 Å². The zero-order valence-electron chi connectivity index (χ0n) is 8.62. The Hall–Kier alpha value is -2.22. The molecule has 0 saturated carbocycles. The third-order valence-corrected chi connectivity index (χ3v) is 3.24. The minimum atomic E-state index is 1.18. The maximum atomic E-state index is 3.26. The fourth-order valence-electron chi connectivity index (χ4n) is 2.52. The summed E-state index contributed by atoms with van der Waals surface area (Å²) in [4.78, 5) is 0. The first kappa shape index (κ1) is 7.99. The van der Waals surface area contributed by atoms with Crippen molar-refractivity contribution in [3.05, 3.63) is 48.5 Å². The molecule has 0 fully saturated rings. The Morgan fingerprint density at radius 3 is 1.12 bits per heavy atom. The first-order chi connectivity index (χ1) is 7.95. The van der Waals surface area contributed by atoms with Crippen LogP contribution in [0.15, 0.2) is 48.5 Å². The highest BCUT2D eigenvalue weighted by Gasteiger charge is 2.17. The predicted octanol–water partition coefficient (Wildman–Crippen LogP) is 3.75. The molecule has 2 bridgehead atoms. The van der Waals surface area contributed by atoms with Crippen LogP contribution < -0.4 is 10.9 Å². The van der Waals surface area contributed by atoms with Crippen molar-refractivity contribution in [2.75, 3.05) is 10.9 Å². The summed E-state index contributed by atoms with van der Waals surface area (Å²) in [6.45, 7) is 0. The maximum absolute atomic E-state index is 3.26. The van der Waals surface area contributed by atoms with Gasteiger partial charge in [0.25, 0.3) is 0 Å². The zero-order chi connectivity index (χ0) is 10.5. The molecular formula is C14H10N2. The SMILES string of the molecule is c1ccc2c3c4ccccc4c(c2c1)NN3. The number of fused-ring (bicyclic) bond motifs is 1. The Kier molecular flexibility index (Phi) is 1.33. The highest BCUT2D eigenvalue weighted by atomic mass is 15.4. The van der Waals surface area contributed by atoms with Gasteiger partial charge in [0.2, 0.25) is 0 Å². The van der Waals surface area contributed by atoms with E-state index >= 15 is 0 Å². The summed E-state index contributed by atoms with van der Waals surface area (Å²) in [5.74, 6) is 0. The molecule has 0 atom stereocenters. The normalized spacial score (nSPS) is 12.8. The van der Waals surface area contributed by atoms with E-state index in [0.717, 1.165) is 0 Å². The van der Waals surface area contributed by atoms with Crippen LogP contribution in [0.25, 0.3) is 21.5 Å². The van der Waals surface area contributed by atoms with Crippen molar-refractivity contribution < 1.29 is 0 Å². The van der Waals surface area contributed by atoms with Gasteiger partial charge in [-0.25, -0.2) is 0 Å². The van der Waals surface area contributed by atoms with Crippen molar-refractivity contribution in [3.8, 4) is 0 Å². The number of hydrogen-bond donors (Lipinski definition) is 2. The third-order valence-electron chi connectivity index (χ3n) is 3.24. The van der Waals surface area contributed by atoms with Crippen LogP contribution in [-0.2, 0) is 0 Å². The summed E-state index contributed by atoms with van der Waals surface area (Å²) in [7, 11) is 0. The minimum Gasteiger partial charge on any atom is -0.300 e. The number of hydrazine groups is 1. The van der Waals surface area contributed by atoms with Gasteiger partial charge in [0.05, 0.1) is 11.4 Å². The summed E-state index contributed by atoms with van der Waals surface area (Å²) in [5.41, 5.74) is 8.88. The molecule has 16 heavy (non-hydrogen) atoms. The van der Waals surface area contributed by atoms with Crippen LogP contribution in [0.2, 0.25) is 0 Å².